The molecule has 0 atom stereocenters. The third kappa shape index (κ3) is 6.64. The molecular formula is C76H47N5. The fraction of sp³-hybridized carbons (Fsp3) is 0.0132. The molecule has 5 nitrogen and oxygen atoms in total. The summed E-state index contributed by atoms with van der Waals surface area (Å²) in [6.07, 6.45) is 0. The first-order chi connectivity index (χ1) is 40.2. The monoisotopic (exact) mass is 1030 g/mol. The molecule has 0 N–H and O–H groups in total. The lowest BCUT2D eigenvalue weighted by Crippen LogP contribution is -2.28. The van der Waals surface area contributed by atoms with Crippen molar-refractivity contribution in [3.63, 3.8) is 0 Å². The van der Waals surface area contributed by atoms with Crippen LogP contribution in [-0.4, -0.2) is 24.1 Å². The molecule has 0 unspecified atom stereocenters. The lowest BCUT2D eigenvalue weighted by atomic mass is 9.67. The largest absolute Gasteiger partial charge is 0.309 e. The lowest BCUT2D eigenvalue weighted by molar-refractivity contribution is 0.768. The van der Waals surface area contributed by atoms with E-state index in [0.717, 1.165) is 60.8 Å². The van der Waals surface area contributed by atoms with E-state index in [9.17, 15) is 0 Å². The quantitative estimate of drug-likeness (QED) is 0.149. The predicted molar refractivity (Wildman–Crippen MR) is 335 cm³/mol. The van der Waals surface area contributed by atoms with E-state index in [-0.39, 0.29) is 0 Å². The molecule has 0 saturated carbocycles. The number of para-hydroxylation sites is 3. The Kier molecular flexibility index (Phi) is 9.86. The number of hydrogen-bond acceptors (Lipinski definition) is 3. The molecule has 1 aliphatic carbocycles. The third-order valence-electron chi connectivity index (χ3n) is 17.2. The Morgan fingerprint density at radius 2 is 0.716 bits per heavy atom. The Hall–Kier alpha value is -10.8. The summed E-state index contributed by atoms with van der Waals surface area (Å²) in [6, 6.07) is 104. The normalized spacial score (nSPS) is 12.8. The van der Waals surface area contributed by atoms with Crippen LogP contribution in [0.1, 0.15) is 22.3 Å². The van der Waals surface area contributed by atoms with Gasteiger partial charge in [-0.1, -0.05) is 243 Å². The molecule has 0 fully saturated rings. The van der Waals surface area contributed by atoms with E-state index >= 15 is 0 Å². The average Bonchev–Trinajstić information content (AvgIpc) is 3.70. The highest BCUT2D eigenvalue weighted by atomic mass is 15.2. The van der Waals surface area contributed by atoms with Gasteiger partial charge >= 0.3 is 0 Å². The van der Waals surface area contributed by atoms with Crippen molar-refractivity contribution in [3.05, 3.63) is 307 Å². The van der Waals surface area contributed by atoms with Crippen molar-refractivity contribution in [3.8, 4) is 56.7 Å². The van der Waals surface area contributed by atoms with Crippen molar-refractivity contribution in [1.29, 1.82) is 0 Å². The summed E-state index contributed by atoms with van der Waals surface area (Å²) >= 11 is 0. The molecule has 0 bridgehead atoms. The molecule has 376 valence electrons. The highest BCUT2D eigenvalue weighted by Gasteiger charge is 2.46. The zero-order valence-corrected chi connectivity index (χ0v) is 43.9. The molecule has 0 saturated heterocycles. The van der Waals surface area contributed by atoms with Gasteiger partial charge in [0.25, 0.3) is 0 Å². The van der Waals surface area contributed by atoms with Crippen LogP contribution < -0.4 is 0 Å². The molecule has 0 spiro atoms. The van der Waals surface area contributed by atoms with Gasteiger partial charge in [-0.05, 0) is 114 Å². The average molecular weight is 1030 g/mol. The number of fused-ring (bicyclic) bond motifs is 15. The van der Waals surface area contributed by atoms with Crippen molar-refractivity contribution in [1.82, 2.24) is 24.1 Å². The Labute approximate surface area is 467 Å². The van der Waals surface area contributed by atoms with Crippen LogP contribution in [0, 0.1) is 0 Å². The van der Waals surface area contributed by atoms with Crippen LogP contribution in [0.5, 0.6) is 0 Å². The van der Waals surface area contributed by atoms with E-state index in [2.05, 4.69) is 288 Å². The van der Waals surface area contributed by atoms with Crippen LogP contribution >= 0.6 is 0 Å². The highest BCUT2D eigenvalue weighted by molar-refractivity contribution is 6.26. The molecule has 81 heavy (non-hydrogen) atoms. The minimum atomic E-state index is -0.588. The van der Waals surface area contributed by atoms with Gasteiger partial charge in [-0.25, -0.2) is 4.98 Å². The highest BCUT2D eigenvalue weighted by Crippen LogP contribution is 2.57. The van der Waals surface area contributed by atoms with Gasteiger partial charge in [0.1, 0.15) is 0 Å². The SMILES string of the molecule is c1ccc(-c2nc(-c3ccc4c(c3)C(c3ccccc3)(c3ccccc3)c3ccccc3-4)nc(-n3c4ccccc4c4cc5c6ccccc6n(-c6ccccc6-c6ccc7c8ccccc8c8ccccc8c7c6)c5cc43)n2)cc1. The van der Waals surface area contributed by atoms with Gasteiger partial charge < -0.3 is 4.57 Å². The summed E-state index contributed by atoms with van der Waals surface area (Å²) in [5.41, 5.74) is 16.2. The topological polar surface area (TPSA) is 48.5 Å². The maximum Gasteiger partial charge on any atom is 0.238 e. The molecule has 5 heteroatoms. The Morgan fingerprint density at radius 3 is 1.37 bits per heavy atom. The summed E-state index contributed by atoms with van der Waals surface area (Å²) in [6.45, 7) is 0. The van der Waals surface area contributed by atoms with Gasteiger partial charge in [0.2, 0.25) is 5.95 Å². The van der Waals surface area contributed by atoms with E-state index in [0.29, 0.717) is 17.6 Å². The Bertz CT molecular complexity index is 5160. The van der Waals surface area contributed by atoms with E-state index in [1.165, 1.54) is 76.5 Å². The molecular weight excluding hydrogens is 983 g/mol. The summed E-state index contributed by atoms with van der Waals surface area (Å²) < 4.78 is 4.72. The van der Waals surface area contributed by atoms with Crippen molar-refractivity contribution in [2.45, 2.75) is 5.41 Å². The van der Waals surface area contributed by atoms with Crippen LogP contribution in [0.3, 0.4) is 0 Å². The second kappa shape index (κ2) is 17.6. The predicted octanol–water partition coefficient (Wildman–Crippen LogP) is 18.9. The summed E-state index contributed by atoms with van der Waals surface area (Å²) in [5.74, 6) is 1.74. The molecule has 17 rings (SSSR count). The van der Waals surface area contributed by atoms with Crippen molar-refractivity contribution >= 4 is 75.9 Å². The lowest BCUT2D eigenvalue weighted by Gasteiger charge is -2.34. The zero-order valence-electron chi connectivity index (χ0n) is 43.9. The minimum Gasteiger partial charge on any atom is -0.309 e. The Balaban J connectivity index is 0.905. The summed E-state index contributed by atoms with van der Waals surface area (Å²) in [5, 5.41) is 12.2. The van der Waals surface area contributed by atoms with Gasteiger partial charge in [-0.15, -0.1) is 0 Å². The van der Waals surface area contributed by atoms with Crippen molar-refractivity contribution < 1.29 is 0 Å². The fourth-order valence-corrected chi connectivity index (χ4v) is 13.8. The number of hydrogen-bond donors (Lipinski definition) is 0. The van der Waals surface area contributed by atoms with Crippen LogP contribution in [0.25, 0.3) is 133 Å². The summed E-state index contributed by atoms with van der Waals surface area (Å²) in [4.78, 5) is 16.4. The van der Waals surface area contributed by atoms with E-state index in [1.807, 2.05) is 6.07 Å². The third-order valence-corrected chi connectivity index (χ3v) is 17.2. The number of nitrogens with zero attached hydrogens (tertiary/aromatic N) is 5. The molecule has 3 heterocycles. The standard InChI is InChI=1S/C76H47N5/c1-4-22-48(23-5-1)73-77-74(50-41-43-60-59-33-14-18-36-66(59)76(67(60)45-50,51-24-6-2-7-25-51)52-26-8-3-9-27-52)79-75(78-73)81-70-39-21-17-35-62(70)65-46-64-61-34-16-20-38-69(61)80(71(64)47-72(65)81)68-37-19-15-28-53(68)49-40-42-58-56-31-11-10-29-54(56)55-30-12-13-32-57(55)63(58)44-49/h1-47H. The second-order valence-electron chi connectivity index (χ2n) is 21.4. The second-order valence-corrected chi connectivity index (χ2v) is 21.4. The molecule has 0 amide bonds. The molecule has 0 aliphatic heterocycles. The van der Waals surface area contributed by atoms with Crippen molar-refractivity contribution in [2.24, 2.45) is 0 Å². The smallest absolute Gasteiger partial charge is 0.238 e. The molecule has 13 aromatic carbocycles. The van der Waals surface area contributed by atoms with Gasteiger partial charge in [-0.3, -0.25) is 4.57 Å². The van der Waals surface area contributed by atoms with E-state index in [4.69, 9.17) is 15.0 Å². The van der Waals surface area contributed by atoms with Crippen LogP contribution in [-0.2, 0) is 5.41 Å². The molecule has 3 aromatic heterocycles. The molecule has 0 radical (unpaired) electrons. The summed E-state index contributed by atoms with van der Waals surface area (Å²) in [7, 11) is 0. The van der Waals surface area contributed by atoms with Crippen LogP contribution in [0.2, 0.25) is 0 Å². The first-order valence-corrected chi connectivity index (χ1v) is 27.8. The fourth-order valence-electron chi connectivity index (χ4n) is 13.8. The zero-order chi connectivity index (χ0) is 53.2. The van der Waals surface area contributed by atoms with Gasteiger partial charge in [0.05, 0.1) is 33.2 Å². The molecule has 16 aromatic rings. The number of benzene rings is 13. The maximum atomic E-state index is 5.60. The van der Waals surface area contributed by atoms with Crippen LogP contribution in [0.4, 0.5) is 0 Å². The van der Waals surface area contributed by atoms with Crippen molar-refractivity contribution in [2.75, 3.05) is 0 Å². The Morgan fingerprint density at radius 1 is 0.247 bits per heavy atom. The molecule has 1 aliphatic rings. The van der Waals surface area contributed by atoms with Gasteiger partial charge in [-0.2, -0.15) is 9.97 Å². The number of aromatic nitrogens is 5. The van der Waals surface area contributed by atoms with E-state index in [1.54, 1.807) is 0 Å². The first kappa shape index (κ1) is 45.3. The van der Waals surface area contributed by atoms with Crippen LogP contribution in [0.15, 0.2) is 285 Å². The minimum absolute atomic E-state index is 0.546. The number of rotatable bonds is 7. The van der Waals surface area contributed by atoms with Gasteiger partial charge in [0, 0.05) is 38.2 Å². The van der Waals surface area contributed by atoms with E-state index < -0.39 is 5.41 Å². The van der Waals surface area contributed by atoms with Gasteiger partial charge in [0.15, 0.2) is 11.6 Å². The first-order valence-electron chi connectivity index (χ1n) is 27.8. The maximum absolute atomic E-state index is 5.60.